The van der Waals surface area contributed by atoms with Crippen molar-refractivity contribution in [2.24, 2.45) is 5.92 Å². The maximum Gasteiger partial charge on any atom is 0.410 e. The van der Waals surface area contributed by atoms with Crippen LogP contribution in [0.2, 0.25) is 0 Å². The number of ether oxygens (including phenoxy) is 1. The van der Waals surface area contributed by atoms with Gasteiger partial charge in [-0.3, -0.25) is 4.79 Å². The highest BCUT2D eigenvalue weighted by atomic mass is 35.5. The Bertz CT molecular complexity index is 572. The molecule has 0 radical (unpaired) electrons. The third-order valence-electron chi connectivity index (χ3n) is 4.90. The van der Waals surface area contributed by atoms with Crippen molar-refractivity contribution in [2.45, 2.75) is 25.5 Å². The average molecular weight is 368 g/mol. The Morgan fingerprint density at radius 2 is 1.84 bits per heavy atom. The van der Waals surface area contributed by atoms with Crippen LogP contribution in [0, 0.1) is 5.92 Å². The zero-order valence-corrected chi connectivity index (χ0v) is 15.3. The van der Waals surface area contributed by atoms with Gasteiger partial charge in [-0.1, -0.05) is 30.3 Å². The molecule has 1 aromatic carbocycles. The van der Waals surface area contributed by atoms with E-state index in [4.69, 9.17) is 4.74 Å². The van der Waals surface area contributed by atoms with Crippen LogP contribution in [0.3, 0.4) is 0 Å². The lowest BCUT2D eigenvalue weighted by Gasteiger charge is -2.41. The standard InChI is InChI=1S/C18H25N3O3.ClH/c1-20(16-7-9-19-10-8-16)17(22)15-11-21(12-15)18(23)24-13-14-5-3-2-4-6-14;/h2-6,15-16,19H,7-13H2,1H3;1H. The number of nitrogens with zero attached hydrogens (tertiary/aromatic N) is 2. The van der Waals surface area contributed by atoms with Crippen molar-refractivity contribution in [3.05, 3.63) is 35.9 Å². The molecule has 0 bridgehead atoms. The van der Waals surface area contributed by atoms with E-state index >= 15 is 0 Å². The summed E-state index contributed by atoms with van der Waals surface area (Å²) in [6.07, 6.45) is 1.66. The van der Waals surface area contributed by atoms with Gasteiger partial charge in [-0.25, -0.2) is 4.79 Å². The minimum Gasteiger partial charge on any atom is -0.445 e. The first kappa shape index (κ1) is 19.5. The molecule has 2 amide bonds. The van der Waals surface area contributed by atoms with Gasteiger partial charge in [-0.2, -0.15) is 0 Å². The van der Waals surface area contributed by atoms with Gasteiger partial charge in [0.2, 0.25) is 5.91 Å². The normalized spacial score (nSPS) is 18.0. The number of carbonyl (C=O) groups excluding carboxylic acids is 2. The number of likely N-dealkylation sites (tertiary alicyclic amines) is 1. The van der Waals surface area contributed by atoms with E-state index < -0.39 is 0 Å². The molecule has 138 valence electrons. The zero-order valence-electron chi connectivity index (χ0n) is 14.5. The quantitative estimate of drug-likeness (QED) is 0.882. The van der Waals surface area contributed by atoms with Crippen LogP contribution in [0.15, 0.2) is 30.3 Å². The lowest BCUT2D eigenvalue weighted by atomic mass is 9.97. The fourth-order valence-electron chi connectivity index (χ4n) is 3.26. The molecule has 2 heterocycles. The van der Waals surface area contributed by atoms with E-state index in [1.54, 1.807) is 4.90 Å². The number of rotatable bonds is 4. The Morgan fingerprint density at radius 1 is 1.20 bits per heavy atom. The highest BCUT2D eigenvalue weighted by molar-refractivity contribution is 5.85. The highest BCUT2D eigenvalue weighted by Gasteiger charge is 2.39. The van der Waals surface area contributed by atoms with E-state index in [-0.39, 0.29) is 36.9 Å². The number of piperidine rings is 1. The Balaban J connectivity index is 0.00000225. The molecule has 6 nitrogen and oxygen atoms in total. The highest BCUT2D eigenvalue weighted by Crippen LogP contribution is 2.22. The summed E-state index contributed by atoms with van der Waals surface area (Å²) in [7, 11) is 1.88. The van der Waals surface area contributed by atoms with E-state index in [0.717, 1.165) is 31.5 Å². The third-order valence-corrected chi connectivity index (χ3v) is 4.90. The summed E-state index contributed by atoms with van der Waals surface area (Å²) in [5, 5.41) is 3.31. The molecular formula is C18H26ClN3O3. The second-order valence-corrected chi connectivity index (χ2v) is 6.57. The number of carbonyl (C=O) groups is 2. The van der Waals surface area contributed by atoms with Crippen molar-refractivity contribution >= 4 is 24.4 Å². The number of benzene rings is 1. The number of amides is 2. The maximum atomic E-state index is 12.5. The van der Waals surface area contributed by atoms with Crippen molar-refractivity contribution < 1.29 is 14.3 Å². The number of hydrogen-bond acceptors (Lipinski definition) is 4. The van der Waals surface area contributed by atoms with Gasteiger partial charge < -0.3 is 19.9 Å². The van der Waals surface area contributed by atoms with Crippen LogP contribution in [0.25, 0.3) is 0 Å². The Hall–Kier alpha value is -1.79. The number of nitrogens with one attached hydrogen (secondary N) is 1. The minimum absolute atomic E-state index is 0. The number of hydrogen-bond donors (Lipinski definition) is 1. The molecule has 2 aliphatic heterocycles. The zero-order chi connectivity index (χ0) is 16.9. The van der Waals surface area contributed by atoms with Crippen molar-refractivity contribution in [2.75, 3.05) is 33.2 Å². The summed E-state index contributed by atoms with van der Waals surface area (Å²) in [4.78, 5) is 28.0. The molecule has 1 aromatic rings. The minimum atomic E-state index is -0.340. The van der Waals surface area contributed by atoms with Crippen LogP contribution in [-0.4, -0.2) is 61.1 Å². The monoisotopic (exact) mass is 367 g/mol. The molecule has 0 spiro atoms. The molecule has 25 heavy (non-hydrogen) atoms. The Labute approximate surface area is 154 Å². The van der Waals surface area contributed by atoms with Gasteiger partial charge in [-0.15, -0.1) is 12.4 Å². The third kappa shape index (κ3) is 4.86. The number of halogens is 1. The van der Waals surface area contributed by atoms with Gasteiger partial charge in [0.05, 0.1) is 5.92 Å². The molecule has 0 unspecified atom stereocenters. The van der Waals surface area contributed by atoms with E-state index in [0.29, 0.717) is 19.1 Å². The molecule has 0 saturated carbocycles. The fourth-order valence-corrected chi connectivity index (χ4v) is 3.26. The fraction of sp³-hybridized carbons (Fsp3) is 0.556. The van der Waals surface area contributed by atoms with E-state index in [1.165, 1.54) is 0 Å². The van der Waals surface area contributed by atoms with Gasteiger partial charge in [0.15, 0.2) is 0 Å². The summed E-state index contributed by atoms with van der Waals surface area (Å²) in [5.41, 5.74) is 0.963. The van der Waals surface area contributed by atoms with Gasteiger partial charge >= 0.3 is 6.09 Å². The van der Waals surface area contributed by atoms with E-state index in [1.807, 2.05) is 42.3 Å². The van der Waals surface area contributed by atoms with Crippen molar-refractivity contribution in [3.63, 3.8) is 0 Å². The van der Waals surface area contributed by atoms with Gasteiger partial charge in [-0.05, 0) is 31.5 Å². The summed E-state index contributed by atoms with van der Waals surface area (Å²) < 4.78 is 5.29. The molecular weight excluding hydrogens is 342 g/mol. The topological polar surface area (TPSA) is 61.9 Å². The van der Waals surface area contributed by atoms with Crippen LogP contribution in [-0.2, 0) is 16.1 Å². The lowest BCUT2D eigenvalue weighted by Crippen LogP contribution is -2.57. The molecule has 7 heteroatoms. The lowest BCUT2D eigenvalue weighted by molar-refractivity contribution is -0.141. The van der Waals surface area contributed by atoms with Gasteiger partial charge in [0.25, 0.3) is 0 Å². The summed E-state index contributed by atoms with van der Waals surface area (Å²) in [6, 6.07) is 9.91. The summed E-state index contributed by atoms with van der Waals surface area (Å²) >= 11 is 0. The Kier molecular flexibility index (Phi) is 7.08. The second-order valence-electron chi connectivity index (χ2n) is 6.57. The van der Waals surface area contributed by atoms with Crippen molar-refractivity contribution in [1.82, 2.24) is 15.1 Å². The first-order chi connectivity index (χ1) is 11.6. The molecule has 2 fully saturated rings. The largest absolute Gasteiger partial charge is 0.445 e. The average Bonchev–Trinajstić information content (AvgIpc) is 2.59. The molecule has 3 rings (SSSR count). The van der Waals surface area contributed by atoms with Crippen LogP contribution in [0.4, 0.5) is 4.79 Å². The molecule has 2 aliphatic rings. The SMILES string of the molecule is CN(C(=O)C1CN(C(=O)OCc2ccccc2)C1)C1CCNCC1.Cl. The van der Waals surface area contributed by atoms with E-state index in [9.17, 15) is 9.59 Å². The first-order valence-electron chi connectivity index (χ1n) is 8.58. The van der Waals surface area contributed by atoms with Gasteiger partial charge in [0, 0.05) is 26.2 Å². The van der Waals surface area contributed by atoms with Gasteiger partial charge in [0.1, 0.15) is 6.61 Å². The summed E-state index contributed by atoms with van der Waals surface area (Å²) in [6.45, 7) is 3.11. The molecule has 0 aliphatic carbocycles. The molecule has 2 saturated heterocycles. The molecule has 0 atom stereocenters. The van der Waals surface area contributed by atoms with Crippen LogP contribution in [0.5, 0.6) is 0 Å². The summed E-state index contributed by atoms with van der Waals surface area (Å²) in [5.74, 6) is 0.0585. The molecule has 0 aromatic heterocycles. The smallest absolute Gasteiger partial charge is 0.410 e. The Morgan fingerprint density at radius 3 is 2.48 bits per heavy atom. The van der Waals surface area contributed by atoms with Crippen molar-refractivity contribution in [3.8, 4) is 0 Å². The van der Waals surface area contributed by atoms with Crippen LogP contribution < -0.4 is 5.32 Å². The predicted molar refractivity (Wildman–Crippen MR) is 97.6 cm³/mol. The first-order valence-corrected chi connectivity index (χ1v) is 8.58. The van der Waals surface area contributed by atoms with Crippen LogP contribution in [0.1, 0.15) is 18.4 Å². The molecule has 1 N–H and O–H groups in total. The van der Waals surface area contributed by atoms with Crippen LogP contribution >= 0.6 is 12.4 Å². The van der Waals surface area contributed by atoms with Crippen molar-refractivity contribution in [1.29, 1.82) is 0 Å². The maximum absolute atomic E-state index is 12.5. The predicted octanol–water partition coefficient (Wildman–Crippen LogP) is 1.89. The second kappa shape index (κ2) is 9.06. The van der Waals surface area contributed by atoms with E-state index in [2.05, 4.69) is 5.32 Å².